The van der Waals surface area contributed by atoms with Crippen molar-refractivity contribution in [1.82, 2.24) is 21.3 Å². The zero-order chi connectivity index (χ0) is 37.2. The smallest absolute Gasteiger partial charge is 0.407 e. The highest BCUT2D eigenvalue weighted by atomic mass is 32.2. The van der Waals surface area contributed by atoms with Gasteiger partial charge in [-0.2, -0.15) is 24.4 Å². The van der Waals surface area contributed by atoms with Crippen LogP contribution in [0.4, 0.5) is 9.59 Å². The van der Waals surface area contributed by atoms with Crippen LogP contribution in [0.15, 0.2) is 0 Å². The van der Waals surface area contributed by atoms with Gasteiger partial charge in [0.25, 0.3) is 0 Å². The van der Waals surface area contributed by atoms with Crippen LogP contribution in [0.25, 0.3) is 0 Å². The molecular formula is C36H68N4O10S2. The van der Waals surface area contributed by atoms with Crippen molar-refractivity contribution in [2.75, 3.05) is 110 Å². The maximum Gasteiger partial charge on any atom is 0.407 e. The van der Waals surface area contributed by atoms with Crippen molar-refractivity contribution in [1.29, 1.82) is 0 Å². The molecule has 2 fully saturated rings. The van der Waals surface area contributed by atoms with Crippen molar-refractivity contribution in [2.24, 2.45) is 0 Å². The Hall–Kier alpha value is -1.53. The van der Waals surface area contributed by atoms with Gasteiger partial charge in [0.2, 0.25) is 5.91 Å². The molecule has 0 spiro atoms. The van der Waals surface area contributed by atoms with Crippen LogP contribution in [0.2, 0.25) is 0 Å². The molecular weight excluding hydrogens is 713 g/mol. The highest BCUT2D eigenvalue weighted by molar-refractivity contribution is 8.00. The molecule has 16 heteroatoms. The third kappa shape index (κ3) is 26.3. The number of rotatable bonds is 37. The van der Waals surface area contributed by atoms with Gasteiger partial charge in [-0.3, -0.25) is 4.79 Å². The summed E-state index contributed by atoms with van der Waals surface area (Å²) in [5, 5.41) is 11.7. The Morgan fingerprint density at radius 2 is 1.12 bits per heavy atom. The maximum atomic E-state index is 12.0. The van der Waals surface area contributed by atoms with Crippen LogP contribution in [0.5, 0.6) is 0 Å². The minimum absolute atomic E-state index is 0.0406. The second-order valence-electron chi connectivity index (χ2n) is 12.9. The summed E-state index contributed by atoms with van der Waals surface area (Å²) in [4.78, 5) is 35.3. The van der Waals surface area contributed by atoms with E-state index in [4.69, 9.17) is 33.2 Å². The second-order valence-corrected chi connectivity index (χ2v) is 14.6. The van der Waals surface area contributed by atoms with E-state index < -0.39 is 6.09 Å². The molecule has 0 aromatic rings. The molecule has 0 aromatic carbocycles. The van der Waals surface area contributed by atoms with E-state index >= 15 is 0 Å². The van der Waals surface area contributed by atoms with Gasteiger partial charge in [-0.1, -0.05) is 51.4 Å². The van der Waals surface area contributed by atoms with Gasteiger partial charge in [0.1, 0.15) is 6.61 Å². The predicted molar refractivity (Wildman–Crippen MR) is 207 cm³/mol. The third-order valence-corrected chi connectivity index (χ3v) is 10.4. The Labute approximate surface area is 321 Å². The van der Waals surface area contributed by atoms with E-state index in [9.17, 15) is 14.4 Å². The summed E-state index contributed by atoms with van der Waals surface area (Å²) in [5.74, 6) is 1.91. The Morgan fingerprint density at radius 1 is 0.615 bits per heavy atom. The molecule has 4 amide bonds. The number of alkyl carbamates (subject to hydrolysis) is 1. The van der Waals surface area contributed by atoms with Gasteiger partial charge in [0.15, 0.2) is 0 Å². The first-order valence-corrected chi connectivity index (χ1v) is 21.2. The maximum absolute atomic E-state index is 12.0. The fourth-order valence-electron chi connectivity index (χ4n) is 5.73. The number of hydrogen-bond acceptors (Lipinski definition) is 12. The lowest BCUT2D eigenvalue weighted by molar-refractivity contribution is -0.121. The van der Waals surface area contributed by atoms with Gasteiger partial charge >= 0.3 is 12.1 Å². The summed E-state index contributed by atoms with van der Waals surface area (Å²) in [5.41, 5.74) is 0. The number of carbonyl (C=O) groups is 3. The van der Waals surface area contributed by atoms with Gasteiger partial charge in [-0.05, 0) is 31.4 Å². The number of thioether (sulfide) groups is 1. The normalized spacial score (nSPS) is 17.9. The number of thiol groups is 1. The number of urea groups is 1. The van der Waals surface area contributed by atoms with Gasteiger partial charge in [0.05, 0.1) is 84.8 Å². The first-order chi connectivity index (χ1) is 25.6. The van der Waals surface area contributed by atoms with Crippen molar-refractivity contribution in [2.45, 2.75) is 101 Å². The summed E-state index contributed by atoms with van der Waals surface area (Å²) in [6, 6.07) is 0.342. The molecule has 2 saturated heterocycles. The standard InChI is InChI=1S/C36H68N4O10S2/c41-33(13-9-8-12-32-34-31(30-52-32)39-35(42)40-34)37-14-15-38-36(43)50-28-27-49-26-25-48-24-23-47-22-21-46-20-19-45-18-17-44-16-10-6-4-2-1-3-5-7-11-29-51/h31-32,34,51H,1-30H2,(H,37,41)(H,38,43)(H2,39,40,42)/t31-,32+,34-/m1/s1. The van der Waals surface area contributed by atoms with E-state index in [0.717, 1.165) is 43.8 Å². The van der Waals surface area contributed by atoms with Crippen LogP contribution in [0.3, 0.4) is 0 Å². The fourth-order valence-corrected chi connectivity index (χ4v) is 7.50. The highest BCUT2D eigenvalue weighted by Crippen LogP contribution is 2.33. The Bertz CT molecular complexity index is 898. The molecule has 0 radical (unpaired) electrons. The minimum Gasteiger partial charge on any atom is -0.447 e. The molecule has 2 rings (SSSR count). The summed E-state index contributed by atoms with van der Waals surface area (Å²) in [6.07, 6.45) is 14.2. The molecule has 2 aliphatic rings. The Morgan fingerprint density at radius 3 is 1.69 bits per heavy atom. The van der Waals surface area contributed by atoms with E-state index in [2.05, 4.69) is 33.9 Å². The summed E-state index contributed by atoms with van der Waals surface area (Å²) in [6.45, 7) is 6.82. The van der Waals surface area contributed by atoms with Gasteiger partial charge in [0, 0.05) is 37.1 Å². The summed E-state index contributed by atoms with van der Waals surface area (Å²) in [7, 11) is 0. The SMILES string of the molecule is O=C(CCCC[C@@H]1SC[C@H]2NC(=O)N[C@@H]12)NCCNC(=O)OCCOCCOCCOCCOCCOCCOCCCCCCCCCCCS. The van der Waals surface area contributed by atoms with E-state index in [1.54, 1.807) is 0 Å². The Kier molecular flexibility index (Phi) is 30.5. The van der Waals surface area contributed by atoms with Crippen LogP contribution in [0.1, 0.15) is 83.5 Å². The molecule has 14 nitrogen and oxygen atoms in total. The van der Waals surface area contributed by atoms with Crippen molar-refractivity contribution >= 4 is 42.4 Å². The van der Waals surface area contributed by atoms with Crippen LogP contribution in [0, 0.1) is 0 Å². The van der Waals surface area contributed by atoms with Gasteiger partial charge in [-0.15, -0.1) is 0 Å². The average Bonchev–Trinajstić information content (AvgIpc) is 3.70. The second kappa shape index (κ2) is 34.0. The van der Waals surface area contributed by atoms with Crippen molar-refractivity contribution in [3.8, 4) is 0 Å². The molecule has 0 bridgehead atoms. The molecule has 3 atom stereocenters. The van der Waals surface area contributed by atoms with Crippen LogP contribution in [-0.4, -0.2) is 146 Å². The number of ether oxygens (including phenoxy) is 7. The molecule has 2 heterocycles. The topological polar surface area (TPSA) is 164 Å². The molecule has 4 N–H and O–H groups in total. The molecule has 0 aromatic heterocycles. The quantitative estimate of drug-likeness (QED) is 0.0351. The van der Waals surface area contributed by atoms with Crippen LogP contribution < -0.4 is 21.3 Å². The molecule has 0 unspecified atom stereocenters. The molecule has 52 heavy (non-hydrogen) atoms. The van der Waals surface area contributed by atoms with E-state index in [1.807, 2.05) is 11.8 Å². The monoisotopic (exact) mass is 780 g/mol. The first-order valence-electron chi connectivity index (χ1n) is 19.5. The number of unbranched alkanes of at least 4 members (excludes halogenated alkanes) is 9. The van der Waals surface area contributed by atoms with Gasteiger partial charge in [-0.25, -0.2) is 9.59 Å². The van der Waals surface area contributed by atoms with Crippen LogP contribution in [-0.2, 0) is 38.0 Å². The predicted octanol–water partition coefficient (Wildman–Crippen LogP) is 4.09. The number of fused-ring (bicyclic) bond motifs is 1. The number of amides is 4. The number of carbonyl (C=O) groups excluding carboxylic acids is 3. The minimum atomic E-state index is -0.554. The molecule has 0 aliphatic carbocycles. The summed E-state index contributed by atoms with van der Waals surface area (Å²) >= 11 is 6.13. The van der Waals surface area contributed by atoms with Crippen molar-refractivity contribution < 1.29 is 47.5 Å². The number of nitrogens with one attached hydrogen (secondary N) is 4. The lowest BCUT2D eigenvalue weighted by Crippen LogP contribution is -2.36. The summed E-state index contributed by atoms with van der Waals surface area (Å²) < 4.78 is 38.1. The largest absolute Gasteiger partial charge is 0.447 e. The molecule has 2 aliphatic heterocycles. The number of hydrogen-bond donors (Lipinski definition) is 5. The van der Waals surface area contributed by atoms with E-state index in [0.29, 0.717) is 84.3 Å². The fraction of sp³-hybridized carbons (Fsp3) is 0.917. The lowest BCUT2D eigenvalue weighted by Gasteiger charge is -2.16. The van der Waals surface area contributed by atoms with E-state index in [-0.39, 0.29) is 43.8 Å². The zero-order valence-electron chi connectivity index (χ0n) is 31.4. The third-order valence-electron chi connectivity index (χ3n) is 8.56. The van der Waals surface area contributed by atoms with Crippen LogP contribution >= 0.6 is 24.4 Å². The van der Waals surface area contributed by atoms with Crippen molar-refractivity contribution in [3.63, 3.8) is 0 Å². The average molecular weight is 781 g/mol. The zero-order valence-corrected chi connectivity index (χ0v) is 33.1. The highest BCUT2D eigenvalue weighted by Gasteiger charge is 2.42. The molecule has 304 valence electrons. The van der Waals surface area contributed by atoms with Gasteiger partial charge < -0.3 is 54.4 Å². The van der Waals surface area contributed by atoms with E-state index in [1.165, 1.54) is 51.4 Å². The Balaban J connectivity index is 1.18. The first kappa shape index (κ1) is 46.6. The van der Waals surface area contributed by atoms with Crippen molar-refractivity contribution in [3.05, 3.63) is 0 Å². The molecule has 0 saturated carbocycles. The lowest BCUT2D eigenvalue weighted by atomic mass is 10.0.